The van der Waals surface area contributed by atoms with Crippen molar-refractivity contribution < 1.29 is 19.4 Å². The summed E-state index contributed by atoms with van der Waals surface area (Å²) in [5.74, 6) is 0.304. The SMILES string of the molecule is COc1cccc(-c2cc(C(=O)O)cs2)c1OC. The Morgan fingerprint density at radius 3 is 2.61 bits per heavy atom. The van der Waals surface area contributed by atoms with E-state index in [9.17, 15) is 4.79 Å². The van der Waals surface area contributed by atoms with Gasteiger partial charge in [-0.1, -0.05) is 6.07 Å². The summed E-state index contributed by atoms with van der Waals surface area (Å²) in [5.41, 5.74) is 1.11. The molecule has 0 saturated carbocycles. The second-order valence-corrected chi connectivity index (χ2v) is 4.46. The average Bonchev–Trinajstić information content (AvgIpc) is 2.87. The fourth-order valence-corrected chi connectivity index (χ4v) is 2.58. The fraction of sp³-hybridized carbons (Fsp3) is 0.154. The van der Waals surface area contributed by atoms with Crippen LogP contribution in [0.5, 0.6) is 11.5 Å². The number of aromatic carboxylic acids is 1. The van der Waals surface area contributed by atoms with Gasteiger partial charge in [0.2, 0.25) is 0 Å². The first-order valence-corrected chi connectivity index (χ1v) is 6.08. The van der Waals surface area contributed by atoms with E-state index in [0.29, 0.717) is 11.5 Å². The van der Waals surface area contributed by atoms with Gasteiger partial charge in [-0.05, 0) is 18.2 Å². The lowest BCUT2D eigenvalue weighted by molar-refractivity contribution is 0.0697. The van der Waals surface area contributed by atoms with Crippen molar-refractivity contribution in [2.24, 2.45) is 0 Å². The Labute approximate surface area is 108 Å². The van der Waals surface area contributed by atoms with Crippen molar-refractivity contribution in [3.63, 3.8) is 0 Å². The number of benzene rings is 1. The van der Waals surface area contributed by atoms with E-state index in [1.165, 1.54) is 11.3 Å². The molecule has 5 heteroatoms. The Bertz CT molecular complexity index is 574. The van der Waals surface area contributed by atoms with E-state index < -0.39 is 5.97 Å². The summed E-state index contributed by atoms with van der Waals surface area (Å²) in [7, 11) is 3.13. The molecule has 0 atom stereocenters. The number of hydrogen-bond acceptors (Lipinski definition) is 4. The van der Waals surface area contributed by atoms with E-state index in [0.717, 1.165) is 10.4 Å². The molecule has 0 aliphatic carbocycles. The molecule has 1 N–H and O–H groups in total. The zero-order chi connectivity index (χ0) is 13.1. The number of rotatable bonds is 4. The molecule has 0 bridgehead atoms. The van der Waals surface area contributed by atoms with Gasteiger partial charge >= 0.3 is 5.97 Å². The van der Waals surface area contributed by atoms with Gasteiger partial charge in [0, 0.05) is 15.8 Å². The average molecular weight is 264 g/mol. The monoisotopic (exact) mass is 264 g/mol. The van der Waals surface area contributed by atoms with Gasteiger partial charge in [0.15, 0.2) is 11.5 Å². The molecule has 0 amide bonds. The summed E-state index contributed by atoms with van der Waals surface area (Å²) in [6.07, 6.45) is 0. The fourth-order valence-electron chi connectivity index (χ4n) is 1.67. The molecule has 1 aromatic heterocycles. The zero-order valence-corrected chi connectivity index (χ0v) is 10.8. The van der Waals surface area contributed by atoms with Gasteiger partial charge in [-0.3, -0.25) is 0 Å². The van der Waals surface area contributed by atoms with Crippen LogP contribution >= 0.6 is 11.3 Å². The first kappa shape index (κ1) is 12.4. The van der Waals surface area contributed by atoms with Crippen molar-refractivity contribution in [2.45, 2.75) is 0 Å². The zero-order valence-electron chi connectivity index (χ0n) is 9.97. The minimum atomic E-state index is -0.931. The third kappa shape index (κ3) is 2.17. The highest BCUT2D eigenvalue weighted by Crippen LogP contribution is 2.40. The maximum absolute atomic E-state index is 10.9. The topological polar surface area (TPSA) is 55.8 Å². The standard InChI is InChI=1S/C13H12O4S/c1-16-10-5-3-4-9(12(10)17-2)11-6-8(7-18-11)13(14)15/h3-7H,1-2H3,(H,14,15). The number of hydrogen-bond donors (Lipinski definition) is 1. The lowest BCUT2D eigenvalue weighted by atomic mass is 10.1. The summed E-state index contributed by atoms with van der Waals surface area (Å²) < 4.78 is 10.5. The van der Waals surface area contributed by atoms with Gasteiger partial charge < -0.3 is 14.6 Å². The number of thiophene rings is 1. The van der Waals surface area contributed by atoms with E-state index in [1.54, 1.807) is 31.7 Å². The first-order chi connectivity index (χ1) is 8.67. The summed E-state index contributed by atoms with van der Waals surface area (Å²) in [5, 5.41) is 10.5. The van der Waals surface area contributed by atoms with Crippen LogP contribution in [0.15, 0.2) is 29.6 Å². The second-order valence-electron chi connectivity index (χ2n) is 3.55. The molecule has 0 radical (unpaired) electrons. The largest absolute Gasteiger partial charge is 0.493 e. The number of methoxy groups -OCH3 is 2. The van der Waals surface area contributed by atoms with Crippen molar-refractivity contribution in [1.29, 1.82) is 0 Å². The van der Waals surface area contributed by atoms with Crippen molar-refractivity contribution in [2.75, 3.05) is 14.2 Å². The van der Waals surface area contributed by atoms with E-state index in [1.807, 2.05) is 12.1 Å². The molecule has 0 spiro atoms. The van der Waals surface area contributed by atoms with Crippen molar-refractivity contribution >= 4 is 17.3 Å². The minimum absolute atomic E-state index is 0.278. The highest BCUT2D eigenvalue weighted by atomic mass is 32.1. The summed E-state index contributed by atoms with van der Waals surface area (Å²) in [6.45, 7) is 0. The van der Waals surface area contributed by atoms with E-state index >= 15 is 0 Å². The Morgan fingerprint density at radius 2 is 2.06 bits per heavy atom. The lowest BCUT2D eigenvalue weighted by Crippen LogP contribution is -1.93. The Hall–Kier alpha value is -2.01. The molecule has 1 aromatic carbocycles. The van der Waals surface area contributed by atoms with Crippen molar-refractivity contribution in [1.82, 2.24) is 0 Å². The van der Waals surface area contributed by atoms with Crippen molar-refractivity contribution in [3.05, 3.63) is 35.2 Å². The smallest absolute Gasteiger partial charge is 0.336 e. The van der Waals surface area contributed by atoms with Crippen LogP contribution in [0.2, 0.25) is 0 Å². The Morgan fingerprint density at radius 1 is 1.28 bits per heavy atom. The van der Waals surface area contributed by atoms with Gasteiger partial charge in [-0.15, -0.1) is 11.3 Å². The summed E-state index contributed by atoms with van der Waals surface area (Å²) in [6, 6.07) is 7.15. The molecule has 2 aromatic rings. The molecule has 94 valence electrons. The van der Waals surface area contributed by atoms with E-state index in [-0.39, 0.29) is 5.56 Å². The predicted molar refractivity (Wildman–Crippen MR) is 69.8 cm³/mol. The minimum Gasteiger partial charge on any atom is -0.493 e. The maximum Gasteiger partial charge on any atom is 0.336 e. The first-order valence-electron chi connectivity index (χ1n) is 5.20. The van der Waals surface area contributed by atoms with E-state index in [4.69, 9.17) is 14.6 Å². The Kier molecular flexibility index (Phi) is 3.53. The van der Waals surface area contributed by atoms with Crippen LogP contribution in [-0.4, -0.2) is 25.3 Å². The number of ether oxygens (including phenoxy) is 2. The molecule has 2 rings (SSSR count). The molecule has 0 aliphatic heterocycles. The molecule has 1 heterocycles. The third-order valence-electron chi connectivity index (χ3n) is 2.51. The molecule has 0 fully saturated rings. The van der Waals surface area contributed by atoms with Crippen LogP contribution in [0.1, 0.15) is 10.4 Å². The number of carboxylic acids is 1. The van der Waals surface area contributed by atoms with Crippen LogP contribution in [0.4, 0.5) is 0 Å². The predicted octanol–water partition coefficient (Wildman–Crippen LogP) is 3.13. The van der Waals surface area contributed by atoms with Crippen molar-refractivity contribution in [3.8, 4) is 21.9 Å². The van der Waals surface area contributed by atoms with E-state index in [2.05, 4.69) is 0 Å². The maximum atomic E-state index is 10.9. The quantitative estimate of drug-likeness (QED) is 0.921. The van der Waals surface area contributed by atoms with Crippen LogP contribution in [0, 0.1) is 0 Å². The molecular weight excluding hydrogens is 252 g/mol. The van der Waals surface area contributed by atoms with Crippen LogP contribution in [0.25, 0.3) is 10.4 Å². The molecule has 0 unspecified atom stereocenters. The normalized spacial score (nSPS) is 10.1. The highest BCUT2D eigenvalue weighted by molar-refractivity contribution is 7.13. The van der Waals surface area contributed by atoms with Gasteiger partial charge in [0.25, 0.3) is 0 Å². The second kappa shape index (κ2) is 5.10. The summed E-state index contributed by atoms with van der Waals surface area (Å²) >= 11 is 1.36. The highest BCUT2D eigenvalue weighted by Gasteiger charge is 2.14. The van der Waals surface area contributed by atoms with Gasteiger partial charge in [0.1, 0.15) is 0 Å². The van der Waals surface area contributed by atoms with Crippen LogP contribution in [-0.2, 0) is 0 Å². The molecule has 18 heavy (non-hydrogen) atoms. The van der Waals surface area contributed by atoms with Gasteiger partial charge in [0.05, 0.1) is 19.8 Å². The molecule has 0 aliphatic rings. The lowest BCUT2D eigenvalue weighted by Gasteiger charge is -2.11. The summed E-state index contributed by atoms with van der Waals surface area (Å²) in [4.78, 5) is 11.7. The van der Waals surface area contributed by atoms with Gasteiger partial charge in [-0.25, -0.2) is 4.79 Å². The third-order valence-corrected chi connectivity index (χ3v) is 3.48. The number of carbonyl (C=O) groups is 1. The molecular formula is C13H12O4S. The Balaban J connectivity index is 2.52. The molecule has 0 saturated heterocycles. The van der Waals surface area contributed by atoms with Crippen LogP contribution in [0.3, 0.4) is 0 Å². The molecule has 4 nitrogen and oxygen atoms in total. The van der Waals surface area contributed by atoms with Gasteiger partial charge in [-0.2, -0.15) is 0 Å². The van der Waals surface area contributed by atoms with Crippen LogP contribution < -0.4 is 9.47 Å². The number of carboxylic acid groups (broad SMARTS) is 1. The number of para-hydroxylation sites is 1.